The second-order valence-corrected chi connectivity index (χ2v) is 6.43. The smallest absolute Gasteiger partial charge is 0.258 e. The Bertz CT molecular complexity index is 634. The van der Waals surface area contributed by atoms with E-state index in [-0.39, 0.29) is 5.56 Å². The second kappa shape index (κ2) is 6.41. The largest absolute Gasteiger partial charge is 0.311 e. The molecular formula is C15H19N3OS. The first-order chi connectivity index (χ1) is 9.83. The fourth-order valence-electron chi connectivity index (χ4n) is 2.55. The van der Waals surface area contributed by atoms with Gasteiger partial charge in [0.05, 0.1) is 5.69 Å². The Morgan fingerprint density at radius 1 is 1.35 bits per heavy atom. The van der Waals surface area contributed by atoms with E-state index in [9.17, 15) is 4.79 Å². The molecule has 0 amide bonds. The number of nitrogens with zero attached hydrogens (tertiary/aromatic N) is 2. The maximum absolute atomic E-state index is 12.0. The van der Waals surface area contributed by atoms with Crippen LogP contribution in [0.3, 0.4) is 0 Å². The lowest BCUT2D eigenvalue weighted by molar-refractivity contribution is 0.446. The Morgan fingerprint density at radius 3 is 3.05 bits per heavy atom. The standard InChI is InChI=1S/C15H19N3OS/c19-15-9-13(17-14-3-1-2-6-18(14)15)11-16-10-12-4-7-20-8-5-12/h1-3,6,9,12,16H,4-5,7-8,10-11H2. The molecule has 0 unspecified atom stereocenters. The number of hydrogen-bond donors (Lipinski definition) is 1. The summed E-state index contributed by atoms with van der Waals surface area (Å²) in [7, 11) is 0. The van der Waals surface area contributed by atoms with Gasteiger partial charge in [-0.1, -0.05) is 6.07 Å². The molecule has 3 heterocycles. The topological polar surface area (TPSA) is 46.4 Å². The molecule has 1 aliphatic rings. The van der Waals surface area contributed by atoms with Crippen molar-refractivity contribution in [2.45, 2.75) is 19.4 Å². The van der Waals surface area contributed by atoms with Crippen LogP contribution in [0.1, 0.15) is 18.5 Å². The number of rotatable bonds is 4. The average molecular weight is 289 g/mol. The van der Waals surface area contributed by atoms with E-state index >= 15 is 0 Å². The Morgan fingerprint density at radius 2 is 2.20 bits per heavy atom. The Kier molecular flexibility index (Phi) is 4.38. The summed E-state index contributed by atoms with van der Waals surface area (Å²) in [5.74, 6) is 3.34. The number of aromatic nitrogens is 2. The Hall–Kier alpha value is -1.33. The van der Waals surface area contributed by atoms with E-state index in [0.29, 0.717) is 12.2 Å². The van der Waals surface area contributed by atoms with Crippen LogP contribution in [0.5, 0.6) is 0 Å². The van der Waals surface area contributed by atoms with Crippen molar-refractivity contribution in [3.8, 4) is 0 Å². The summed E-state index contributed by atoms with van der Waals surface area (Å²) < 4.78 is 1.57. The third-order valence-electron chi connectivity index (χ3n) is 3.70. The molecule has 106 valence electrons. The highest BCUT2D eigenvalue weighted by atomic mass is 32.2. The fraction of sp³-hybridized carbons (Fsp3) is 0.467. The molecule has 1 saturated heterocycles. The first-order valence-electron chi connectivity index (χ1n) is 7.09. The van der Waals surface area contributed by atoms with E-state index in [1.807, 2.05) is 30.0 Å². The molecule has 3 rings (SSSR count). The van der Waals surface area contributed by atoms with Crippen LogP contribution in [0.15, 0.2) is 35.3 Å². The molecule has 0 aromatic carbocycles. The Balaban J connectivity index is 1.64. The van der Waals surface area contributed by atoms with Gasteiger partial charge in [0.25, 0.3) is 5.56 Å². The summed E-state index contributed by atoms with van der Waals surface area (Å²) >= 11 is 2.05. The van der Waals surface area contributed by atoms with E-state index in [2.05, 4.69) is 10.3 Å². The summed E-state index contributed by atoms with van der Waals surface area (Å²) in [5, 5.41) is 3.44. The summed E-state index contributed by atoms with van der Waals surface area (Å²) in [4.78, 5) is 16.5. The quantitative estimate of drug-likeness (QED) is 0.934. The van der Waals surface area contributed by atoms with Gasteiger partial charge >= 0.3 is 0 Å². The molecule has 0 radical (unpaired) electrons. The number of fused-ring (bicyclic) bond motifs is 1. The van der Waals surface area contributed by atoms with Gasteiger partial charge in [0.15, 0.2) is 0 Å². The summed E-state index contributed by atoms with van der Waals surface area (Å²) in [5.41, 5.74) is 1.53. The zero-order valence-electron chi connectivity index (χ0n) is 11.4. The maximum atomic E-state index is 12.0. The molecule has 0 aliphatic carbocycles. The van der Waals surface area contributed by atoms with Crippen LogP contribution in [-0.4, -0.2) is 27.4 Å². The monoisotopic (exact) mass is 289 g/mol. The van der Waals surface area contributed by atoms with Crippen molar-refractivity contribution in [1.82, 2.24) is 14.7 Å². The van der Waals surface area contributed by atoms with E-state index < -0.39 is 0 Å². The van der Waals surface area contributed by atoms with E-state index in [0.717, 1.165) is 18.2 Å². The van der Waals surface area contributed by atoms with Crippen molar-refractivity contribution in [2.24, 2.45) is 5.92 Å². The van der Waals surface area contributed by atoms with Gasteiger partial charge in [-0.3, -0.25) is 9.20 Å². The van der Waals surface area contributed by atoms with Crippen LogP contribution >= 0.6 is 11.8 Å². The lowest BCUT2D eigenvalue weighted by Gasteiger charge is -2.21. The highest BCUT2D eigenvalue weighted by molar-refractivity contribution is 7.99. The van der Waals surface area contributed by atoms with Crippen LogP contribution < -0.4 is 10.9 Å². The zero-order chi connectivity index (χ0) is 13.8. The molecule has 4 nitrogen and oxygen atoms in total. The van der Waals surface area contributed by atoms with Gasteiger partial charge in [-0.05, 0) is 48.9 Å². The van der Waals surface area contributed by atoms with Gasteiger partial charge in [0, 0.05) is 18.8 Å². The molecule has 1 N–H and O–H groups in total. The van der Waals surface area contributed by atoms with Crippen LogP contribution in [0.25, 0.3) is 5.65 Å². The van der Waals surface area contributed by atoms with Gasteiger partial charge < -0.3 is 5.32 Å². The highest BCUT2D eigenvalue weighted by Crippen LogP contribution is 2.21. The number of hydrogen-bond acceptors (Lipinski definition) is 4. The van der Waals surface area contributed by atoms with Gasteiger partial charge in [-0.25, -0.2) is 4.98 Å². The van der Waals surface area contributed by atoms with Gasteiger partial charge in [0.1, 0.15) is 5.65 Å². The lowest BCUT2D eigenvalue weighted by atomic mass is 10.0. The van der Waals surface area contributed by atoms with Crippen LogP contribution in [0, 0.1) is 5.92 Å². The Labute approximate surface area is 122 Å². The number of thioether (sulfide) groups is 1. The van der Waals surface area contributed by atoms with E-state index in [4.69, 9.17) is 0 Å². The molecule has 0 saturated carbocycles. The predicted molar refractivity (Wildman–Crippen MR) is 83.2 cm³/mol. The number of pyridine rings is 1. The zero-order valence-corrected chi connectivity index (χ0v) is 12.2. The lowest BCUT2D eigenvalue weighted by Crippen LogP contribution is -2.26. The molecule has 20 heavy (non-hydrogen) atoms. The third-order valence-corrected chi connectivity index (χ3v) is 4.75. The second-order valence-electron chi connectivity index (χ2n) is 5.20. The van der Waals surface area contributed by atoms with Gasteiger partial charge in [-0.2, -0.15) is 11.8 Å². The maximum Gasteiger partial charge on any atom is 0.258 e. The van der Waals surface area contributed by atoms with E-state index in [1.54, 1.807) is 16.7 Å². The number of nitrogens with one attached hydrogen (secondary N) is 1. The van der Waals surface area contributed by atoms with Crippen molar-refractivity contribution >= 4 is 17.4 Å². The van der Waals surface area contributed by atoms with Crippen LogP contribution in [0.4, 0.5) is 0 Å². The molecule has 1 aliphatic heterocycles. The molecule has 1 fully saturated rings. The average Bonchev–Trinajstić information content (AvgIpc) is 2.48. The van der Waals surface area contributed by atoms with Crippen molar-refractivity contribution in [2.75, 3.05) is 18.1 Å². The first-order valence-corrected chi connectivity index (χ1v) is 8.24. The SMILES string of the molecule is O=c1cc(CNCC2CCSCC2)nc2ccccn12. The molecule has 0 bridgehead atoms. The van der Waals surface area contributed by atoms with Crippen LogP contribution in [-0.2, 0) is 6.54 Å². The minimum atomic E-state index is -0.0125. The normalized spacial score (nSPS) is 16.6. The van der Waals surface area contributed by atoms with Gasteiger partial charge in [0.2, 0.25) is 0 Å². The van der Waals surface area contributed by atoms with Crippen molar-refractivity contribution < 1.29 is 0 Å². The molecule has 2 aromatic rings. The van der Waals surface area contributed by atoms with E-state index in [1.165, 1.54) is 24.3 Å². The summed E-state index contributed by atoms with van der Waals surface area (Å²) in [6.45, 7) is 1.70. The van der Waals surface area contributed by atoms with Crippen molar-refractivity contribution in [1.29, 1.82) is 0 Å². The molecule has 5 heteroatoms. The van der Waals surface area contributed by atoms with Gasteiger partial charge in [-0.15, -0.1) is 0 Å². The van der Waals surface area contributed by atoms with Crippen molar-refractivity contribution in [3.05, 3.63) is 46.5 Å². The first kappa shape index (κ1) is 13.6. The minimum Gasteiger partial charge on any atom is -0.311 e. The minimum absolute atomic E-state index is 0.0125. The molecule has 0 atom stereocenters. The van der Waals surface area contributed by atoms with Crippen LogP contribution in [0.2, 0.25) is 0 Å². The molecule has 0 spiro atoms. The van der Waals surface area contributed by atoms with Crippen molar-refractivity contribution in [3.63, 3.8) is 0 Å². The summed E-state index contributed by atoms with van der Waals surface area (Å²) in [6, 6.07) is 7.23. The molecule has 2 aromatic heterocycles. The molecular weight excluding hydrogens is 270 g/mol. The third kappa shape index (κ3) is 3.22. The predicted octanol–water partition coefficient (Wildman–Crippen LogP) is 1.93. The fourth-order valence-corrected chi connectivity index (χ4v) is 3.75. The highest BCUT2D eigenvalue weighted by Gasteiger charge is 2.13. The summed E-state index contributed by atoms with van der Waals surface area (Å²) in [6.07, 6.45) is 4.35.